The molecule has 0 N–H and O–H groups in total. The first kappa shape index (κ1) is 12.3. The summed E-state index contributed by atoms with van der Waals surface area (Å²) in [7, 11) is 0. The Labute approximate surface area is 109 Å². The van der Waals surface area contributed by atoms with Gasteiger partial charge in [-0.25, -0.2) is 9.97 Å². The molecule has 0 radical (unpaired) electrons. The molecule has 1 aliphatic heterocycles. The zero-order valence-electron chi connectivity index (χ0n) is 9.77. The number of anilines is 1. The minimum Gasteiger partial charge on any atom is -0.355 e. The standard InChI is InChI=1S/C11H15BrN4O/c1-9(17)15-3-2-4-16(6-5-15)11-7-10(12)13-8-14-11/h7-8H,2-6H2,1H3. The first-order chi connectivity index (χ1) is 8.16. The maximum absolute atomic E-state index is 11.3. The lowest BCUT2D eigenvalue weighted by molar-refractivity contribution is -0.128. The summed E-state index contributed by atoms with van der Waals surface area (Å²) in [5.41, 5.74) is 0. The summed E-state index contributed by atoms with van der Waals surface area (Å²) in [4.78, 5) is 23.7. The molecule has 0 atom stereocenters. The molecule has 1 amide bonds. The fraction of sp³-hybridized carbons (Fsp3) is 0.545. The van der Waals surface area contributed by atoms with Gasteiger partial charge in [0.2, 0.25) is 5.91 Å². The van der Waals surface area contributed by atoms with E-state index in [2.05, 4.69) is 30.8 Å². The number of carbonyl (C=O) groups excluding carboxylic acids is 1. The van der Waals surface area contributed by atoms with Crippen molar-refractivity contribution in [3.8, 4) is 0 Å². The molecule has 1 saturated heterocycles. The van der Waals surface area contributed by atoms with E-state index in [1.54, 1.807) is 13.3 Å². The van der Waals surface area contributed by atoms with Gasteiger partial charge in [0.1, 0.15) is 16.7 Å². The van der Waals surface area contributed by atoms with Gasteiger partial charge in [0, 0.05) is 39.2 Å². The second kappa shape index (κ2) is 5.44. The summed E-state index contributed by atoms with van der Waals surface area (Å²) >= 11 is 3.34. The average molecular weight is 299 g/mol. The molecule has 0 saturated carbocycles. The number of aromatic nitrogens is 2. The van der Waals surface area contributed by atoms with Crippen LogP contribution in [0.25, 0.3) is 0 Å². The molecule has 6 heteroatoms. The van der Waals surface area contributed by atoms with E-state index in [9.17, 15) is 4.79 Å². The Balaban J connectivity index is 2.06. The maximum Gasteiger partial charge on any atom is 0.219 e. The fourth-order valence-corrected chi connectivity index (χ4v) is 2.25. The summed E-state index contributed by atoms with van der Waals surface area (Å²) in [6, 6.07) is 1.91. The predicted molar refractivity (Wildman–Crippen MR) is 68.8 cm³/mol. The normalized spacial score (nSPS) is 16.8. The Hall–Kier alpha value is -1.17. The highest BCUT2D eigenvalue weighted by Gasteiger charge is 2.17. The second-order valence-electron chi connectivity index (χ2n) is 4.05. The zero-order valence-corrected chi connectivity index (χ0v) is 11.4. The van der Waals surface area contributed by atoms with Gasteiger partial charge in [0.25, 0.3) is 0 Å². The van der Waals surface area contributed by atoms with E-state index in [-0.39, 0.29) is 5.91 Å². The van der Waals surface area contributed by atoms with Crippen LogP contribution in [0.15, 0.2) is 17.0 Å². The zero-order chi connectivity index (χ0) is 12.3. The topological polar surface area (TPSA) is 49.3 Å². The third-order valence-electron chi connectivity index (χ3n) is 2.88. The molecule has 0 bridgehead atoms. The molecule has 0 aliphatic carbocycles. The lowest BCUT2D eigenvalue weighted by Gasteiger charge is -2.22. The quantitative estimate of drug-likeness (QED) is 0.733. The first-order valence-corrected chi connectivity index (χ1v) is 6.44. The number of carbonyl (C=O) groups is 1. The lowest BCUT2D eigenvalue weighted by atomic mass is 10.4. The summed E-state index contributed by atoms with van der Waals surface area (Å²) in [5.74, 6) is 1.06. The predicted octanol–water partition coefficient (Wildman–Crippen LogP) is 1.30. The molecule has 2 heterocycles. The number of hydrogen-bond donors (Lipinski definition) is 0. The number of halogens is 1. The van der Waals surface area contributed by atoms with Crippen LogP contribution in [-0.4, -0.2) is 47.0 Å². The monoisotopic (exact) mass is 298 g/mol. The van der Waals surface area contributed by atoms with Crippen LogP contribution in [-0.2, 0) is 4.79 Å². The highest BCUT2D eigenvalue weighted by atomic mass is 79.9. The van der Waals surface area contributed by atoms with Crippen molar-refractivity contribution in [1.82, 2.24) is 14.9 Å². The van der Waals surface area contributed by atoms with Gasteiger partial charge < -0.3 is 9.80 Å². The molecule has 2 rings (SSSR count). The molecule has 1 aliphatic rings. The van der Waals surface area contributed by atoms with Crippen LogP contribution in [0.4, 0.5) is 5.82 Å². The number of nitrogens with zero attached hydrogens (tertiary/aromatic N) is 4. The summed E-state index contributed by atoms with van der Waals surface area (Å²) < 4.78 is 0.787. The number of hydrogen-bond acceptors (Lipinski definition) is 4. The Morgan fingerprint density at radius 1 is 1.29 bits per heavy atom. The van der Waals surface area contributed by atoms with Gasteiger partial charge >= 0.3 is 0 Å². The van der Waals surface area contributed by atoms with Crippen LogP contribution in [0.2, 0.25) is 0 Å². The van der Waals surface area contributed by atoms with Crippen LogP contribution >= 0.6 is 15.9 Å². The van der Waals surface area contributed by atoms with Crippen LogP contribution < -0.4 is 4.90 Å². The molecule has 1 fully saturated rings. The smallest absolute Gasteiger partial charge is 0.219 e. The minimum atomic E-state index is 0.149. The Kier molecular flexibility index (Phi) is 3.93. The van der Waals surface area contributed by atoms with Crippen LogP contribution in [0.3, 0.4) is 0 Å². The summed E-state index contributed by atoms with van der Waals surface area (Å²) in [6.07, 6.45) is 2.52. The van der Waals surface area contributed by atoms with Crippen molar-refractivity contribution in [1.29, 1.82) is 0 Å². The van der Waals surface area contributed by atoms with E-state index in [0.29, 0.717) is 0 Å². The second-order valence-corrected chi connectivity index (χ2v) is 4.86. The van der Waals surface area contributed by atoms with Crippen molar-refractivity contribution in [3.63, 3.8) is 0 Å². The highest BCUT2D eigenvalue weighted by Crippen LogP contribution is 2.16. The Morgan fingerprint density at radius 2 is 2.12 bits per heavy atom. The fourth-order valence-electron chi connectivity index (χ4n) is 1.96. The SMILES string of the molecule is CC(=O)N1CCCN(c2cc(Br)ncn2)CC1. The summed E-state index contributed by atoms with van der Waals surface area (Å²) in [6.45, 7) is 4.96. The Bertz CT molecular complexity index is 412. The molecule has 92 valence electrons. The molecule has 1 aromatic heterocycles. The van der Waals surface area contributed by atoms with Crippen molar-refractivity contribution in [3.05, 3.63) is 17.0 Å². The average Bonchev–Trinajstić information content (AvgIpc) is 2.54. The maximum atomic E-state index is 11.3. The van der Waals surface area contributed by atoms with Crippen LogP contribution in [0.5, 0.6) is 0 Å². The van der Waals surface area contributed by atoms with E-state index >= 15 is 0 Å². The van der Waals surface area contributed by atoms with E-state index in [1.165, 1.54) is 0 Å². The van der Waals surface area contributed by atoms with E-state index < -0.39 is 0 Å². The minimum absolute atomic E-state index is 0.149. The van der Waals surface area contributed by atoms with E-state index in [4.69, 9.17) is 0 Å². The number of rotatable bonds is 1. The highest BCUT2D eigenvalue weighted by molar-refractivity contribution is 9.10. The van der Waals surface area contributed by atoms with Crippen molar-refractivity contribution in [2.45, 2.75) is 13.3 Å². The molecular weight excluding hydrogens is 284 g/mol. The largest absolute Gasteiger partial charge is 0.355 e. The molecule has 1 aromatic rings. The van der Waals surface area contributed by atoms with Gasteiger partial charge in [-0.3, -0.25) is 4.79 Å². The van der Waals surface area contributed by atoms with E-state index in [1.807, 2.05) is 11.0 Å². The van der Waals surface area contributed by atoms with Crippen molar-refractivity contribution < 1.29 is 4.79 Å². The third-order valence-corrected chi connectivity index (χ3v) is 3.32. The van der Waals surface area contributed by atoms with Gasteiger partial charge in [-0.15, -0.1) is 0 Å². The van der Waals surface area contributed by atoms with Crippen molar-refractivity contribution in [2.24, 2.45) is 0 Å². The van der Waals surface area contributed by atoms with Crippen LogP contribution in [0, 0.1) is 0 Å². The lowest BCUT2D eigenvalue weighted by Crippen LogP contribution is -2.33. The summed E-state index contributed by atoms with van der Waals surface area (Å²) in [5, 5.41) is 0. The van der Waals surface area contributed by atoms with E-state index in [0.717, 1.165) is 43.0 Å². The molecular formula is C11H15BrN4O. The van der Waals surface area contributed by atoms with Crippen LogP contribution in [0.1, 0.15) is 13.3 Å². The van der Waals surface area contributed by atoms with Gasteiger partial charge in [0.05, 0.1) is 0 Å². The molecule has 17 heavy (non-hydrogen) atoms. The molecule has 5 nitrogen and oxygen atoms in total. The van der Waals surface area contributed by atoms with Crippen molar-refractivity contribution in [2.75, 3.05) is 31.1 Å². The van der Waals surface area contributed by atoms with Gasteiger partial charge in [0.15, 0.2) is 0 Å². The first-order valence-electron chi connectivity index (χ1n) is 5.65. The molecule has 0 aromatic carbocycles. The molecule has 0 spiro atoms. The number of amides is 1. The van der Waals surface area contributed by atoms with Gasteiger partial charge in [-0.05, 0) is 22.4 Å². The van der Waals surface area contributed by atoms with Crippen molar-refractivity contribution >= 4 is 27.7 Å². The Morgan fingerprint density at radius 3 is 2.82 bits per heavy atom. The molecule has 0 unspecified atom stereocenters. The third kappa shape index (κ3) is 3.15. The van der Waals surface area contributed by atoms with Gasteiger partial charge in [-0.2, -0.15) is 0 Å². The van der Waals surface area contributed by atoms with Gasteiger partial charge in [-0.1, -0.05) is 0 Å².